The molecule has 8 heteroatoms. The highest BCUT2D eigenvalue weighted by atomic mass is 79.9. The Morgan fingerprint density at radius 1 is 1.00 bits per heavy atom. The van der Waals surface area contributed by atoms with Gasteiger partial charge in [-0.25, -0.2) is 0 Å². The number of anilines is 1. The minimum Gasteiger partial charge on any atom is -0.465 e. The van der Waals surface area contributed by atoms with Gasteiger partial charge < -0.3 is 25.4 Å². The maximum absolute atomic E-state index is 12.4. The highest BCUT2D eigenvalue weighted by molar-refractivity contribution is 9.11. The van der Waals surface area contributed by atoms with Crippen LogP contribution in [0.25, 0.3) is 10.9 Å². The molecule has 0 spiro atoms. The Bertz CT molecular complexity index is 1310. The van der Waals surface area contributed by atoms with Crippen LogP contribution in [-0.2, 0) is 13.1 Å². The van der Waals surface area contributed by atoms with E-state index in [1.54, 1.807) is 6.07 Å². The molecule has 2 aromatic heterocycles. The first kappa shape index (κ1) is 25.7. The van der Waals surface area contributed by atoms with Crippen molar-refractivity contribution in [1.29, 1.82) is 0 Å². The fourth-order valence-corrected chi connectivity index (χ4v) is 5.42. The summed E-state index contributed by atoms with van der Waals surface area (Å²) in [6.07, 6.45) is 0.868. The van der Waals surface area contributed by atoms with E-state index in [1.807, 2.05) is 37.3 Å². The fourth-order valence-electron chi connectivity index (χ4n) is 4.03. The zero-order valence-electron chi connectivity index (χ0n) is 19.9. The average molecular weight is 602 g/mol. The van der Waals surface area contributed by atoms with E-state index in [2.05, 4.69) is 77.9 Å². The number of hydrogen-bond donors (Lipinski definition) is 4. The molecule has 184 valence electrons. The quantitative estimate of drug-likeness (QED) is 0.169. The molecule has 0 aliphatic carbocycles. The zero-order valence-corrected chi connectivity index (χ0v) is 23.1. The summed E-state index contributed by atoms with van der Waals surface area (Å²) in [6, 6.07) is 17.8. The lowest BCUT2D eigenvalue weighted by atomic mass is 10.1. The predicted molar refractivity (Wildman–Crippen MR) is 150 cm³/mol. The number of benzene rings is 2. The van der Waals surface area contributed by atoms with Crippen LogP contribution in [0, 0.1) is 13.8 Å². The van der Waals surface area contributed by atoms with Crippen molar-refractivity contribution in [2.75, 3.05) is 18.4 Å². The van der Waals surface area contributed by atoms with Crippen LogP contribution in [0.5, 0.6) is 0 Å². The van der Waals surface area contributed by atoms with Crippen molar-refractivity contribution in [1.82, 2.24) is 15.6 Å². The van der Waals surface area contributed by atoms with E-state index in [0.717, 1.165) is 57.9 Å². The number of aromatic nitrogens is 1. The molecule has 4 N–H and O–H groups in total. The first-order valence-corrected chi connectivity index (χ1v) is 13.3. The van der Waals surface area contributed by atoms with Crippen molar-refractivity contribution < 1.29 is 4.42 Å². The van der Waals surface area contributed by atoms with Gasteiger partial charge in [0.15, 0.2) is 5.43 Å². The van der Waals surface area contributed by atoms with Crippen LogP contribution in [-0.4, -0.2) is 24.1 Å². The van der Waals surface area contributed by atoms with Gasteiger partial charge in [-0.15, -0.1) is 0 Å². The van der Waals surface area contributed by atoms with Crippen LogP contribution in [0.3, 0.4) is 0 Å². The second-order valence-electron chi connectivity index (χ2n) is 8.75. The molecule has 2 aromatic carbocycles. The molecule has 0 aliphatic rings. The van der Waals surface area contributed by atoms with Crippen molar-refractivity contribution in [3.05, 3.63) is 96.4 Å². The molecule has 1 atom stereocenters. The molecule has 6 nitrogen and oxygen atoms in total. The lowest BCUT2D eigenvalue weighted by molar-refractivity contribution is 0.422. The normalized spacial score (nSPS) is 12.2. The highest BCUT2D eigenvalue weighted by Gasteiger charge is 2.11. The van der Waals surface area contributed by atoms with Gasteiger partial charge in [0.1, 0.15) is 17.3 Å². The Labute approximate surface area is 222 Å². The summed E-state index contributed by atoms with van der Waals surface area (Å²) in [5.74, 6) is 2.64. The molecular weight excluding hydrogens is 572 g/mol. The summed E-state index contributed by atoms with van der Waals surface area (Å²) >= 11 is 7.13. The Morgan fingerprint density at radius 3 is 2.51 bits per heavy atom. The van der Waals surface area contributed by atoms with Crippen molar-refractivity contribution in [3.8, 4) is 0 Å². The lowest BCUT2D eigenvalue weighted by Crippen LogP contribution is -2.39. The van der Waals surface area contributed by atoms with E-state index in [-0.39, 0.29) is 11.5 Å². The Kier molecular flexibility index (Phi) is 8.83. The second kappa shape index (κ2) is 12.0. The van der Waals surface area contributed by atoms with Gasteiger partial charge in [0, 0.05) is 46.1 Å². The summed E-state index contributed by atoms with van der Waals surface area (Å²) in [6.45, 7) is 6.98. The van der Waals surface area contributed by atoms with E-state index in [0.29, 0.717) is 11.9 Å². The maximum Gasteiger partial charge on any atom is 0.191 e. The third kappa shape index (κ3) is 7.30. The zero-order chi connectivity index (χ0) is 24.8. The Morgan fingerprint density at radius 2 is 1.77 bits per heavy atom. The Balaban J connectivity index is 1.37. The summed E-state index contributed by atoms with van der Waals surface area (Å²) in [5.41, 5.74) is 3.22. The molecular formula is C27H30Br2N4O2. The summed E-state index contributed by atoms with van der Waals surface area (Å²) in [5, 5.41) is 11.3. The smallest absolute Gasteiger partial charge is 0.191 e. The average Bonchev–Trinajstić information content (AvgIpc) is 3.13. The third-order valence-corrected chi connectivity index (χ3v) is 6.89. The predicted octanol–water partition coefficient (Wildman–Crippen LogP) is 6.01. The number of nitrogens with one attached hydrogen (secondary N) is 4. The Hall–Kier alpha value is -2.39. The minimum absolute atomic E-state index is 0.0162. The lowest BCUT2D eigenvalue weighted by Gasteiger charge is -2.20. The second-order valence-corrected chi connectivity index (χ2v) is 10.6. The first-order valence-electron chi connectivity index (χ1n) is 11.7. The van der Waals surface area contributed by atoms with Gasteiger partial charge in [-0.1, -0.05) is 44.0 Å². The first-order chi connectivity index (χ1) is 16.9. The number of halogens is 2. The number of H-pyrrole nitrogens is 1. The molecule has 0 bridgehead atoms. The van der Waals surface area contributed by atoms with Gasteiger partial charge >= 0.3 is 0 Å². The van der Waals surface area contributed by atoms with Crippen LogP contribution in [0.2, 0.25) is 0 Å². The molecule has 0 saturated heterocycles. The maximum atomic E-state index is 12.4. The van der Waals surface area contributed by atoms with Crippen molar-refractivity contribution in [2.24, 2.45) is 0 Å². The van der Waals surface area contributed by atoms with Gasteiger partial charge in [0.05, 0.1) is 12.1 Å². The topological polar surface area (TPSA) is 82.1 Å². The van der Waals surface area contributed by atoms with Crippen molar-refractivity contribution in [2.45, 2.75) is 39.4 Å². The van der Waals surface area contributed by atoms with E-state index >= 15 is 0 Å². The molecule has 4 aromatic rings. The molecule has 0 aliphatic heterocycles. The van der Waals surface area contributed by atoms with E-state index in [4.69, 9.17) is 4.42 Å². The van der Waals surface area contributed by atoms with Gasteiger partial charge in [-0.3, -0.25) is 4.79 Å². The number of rotatable bonds is 11. The summed E-state index contributed by atoms with van der Waals surface area (Å²) in [4.78, 5) is 15.7. The van der Waals surface area contributed by atoms with Gasteiger partial charge in [0.25, 0.3) is 0 Å². The van der Waals surface area contributed by atoms with Gasteiger partial charge in [-0.05, 0) is 67.8 Å². The molecule has 1 unspecified atom stereocenters. The monoisotopic (exact) mass is 600 g/mol. The standard InChI is InChI=1S/C27H30Br2N4O2/c1-17-9-23(35-18(17)2)16-30-15-22(32-14-19-10-20(28)12-21(29)11-19)7-8-31-27-13-26(34)24-5-3-4-6-25(24)33-27/h3-6,9-13,22,30,32H,7-8,14-16H2,1-2H3,(H2,31,33,34). The van der Waals surface area contributed by atoms with Crippen molar-refractivity contribution >= 4 is 48.6 Å². The highest BCUT2D eigenvalue weighted by Crippen LogP contribution is 2.20. The summed E-state index contributed by atoms with van der Waals surface area (Å²) < 4.78 is 7.89. The van der Waals surface area contributed by atoms with E-state index < -0.39 is 0 Å². The van der Waals surface area contributed by atoms with E-state index in [1.165, 1.54) is 11.1 Å². The van der Waals surface area contributed by atoms with E-state index in [9.17, 15) is 4.79 Å². The van der Waals surface area contributed by atoms with Crippen molar-refractivity contribution in [3.63, 3.8) is 0 Å². The van der Waals surface area contributed by atoms with Crippen LogP contribution in [0.1, 0.15) is 29.1 Å². The number of hydrogen-bond acceptors (Lipinski definition) is 5. The molecule has 35 heavy (non-hydrogen) atoms. The minimum atomic E-state index is 0.0162. The fraction of sp³-hybridized carbons (Fsp3) is 0.296. The third-order valence-electron chi connectivity index (χ3n) is 5.97. The SMILES string of the molecule is Cc1cc(CNCC(CCNc2cc(=O)c3ccccc3[nH]2)NCc2cc(Br)cc(Br)c2)oc1C. The number of furan rings is 1. The van der Waals surface area contributed by atoms with Gasteiger partial charge in [-0.2, -0.15) is 0 Å². The molecule has 0 saturated carbocycles. The summed E-state index contributed by atoms with van der Waals surface area (Å²) in [7, 11) is 0. The molecule has 0 fully saturated rings. The number of aromatic amines is 1. The van der Waals surface area contributed by atoms with Gasteiger partial charge in [0.2, 0.25) is 0 Å². The van der Waals surface area contributed by atoms with Crippen LogP contribution in [0.15, 0.2) is 72.8 Å². The largest absolute Gasteiger partial charge is 0.465 e. The molecule has 0 radical (unpaired) electrons. The number of fused-ring (bicyclic) bond motifs is 1. The molecule has 0 amide bonds. The van der Waals surface area contributed by atoms with Crippen LogP contribution < -0.4 is 21.4 Å². The number of para-hydroxylation sites is 1. The molecule has 2 heterocycles. The number of pyridine rings is 1. The van der Waals surface area contributed by atoms with Crippen LogP contribution >= 0.6 is 31.9 Å². The molecule has 4 rings (SSSR count). The van der Waals surface area contributed by atoms with Crippen LogP contribution in [0.4, 0.5) is 5.82 Å². The number of aryl methyl sites for hydroxylation is 2.